The van der Waals surface area contributed by atoms with Gasteiger partial charge in [-0.25, -0.2) is 4.68 Å². The smallest absolute Gasteiger partial charge is 0.251 e. The second-order valence-electron chi connectivity index (χ2n) is 9.15. The summed E-state index contributed by atoms with van der Waals surface area (Å²) in [6.45, 7) is 2.07. The SMILES string of the molecule is COc1ccc(NC(=O)[C@H](c2ccc(C)cc2)N(Cc2cccnc2)C(=O)Cn2nnc3ccccc32)cc1. The lowest BCUT2D eigenvalue weighted by molar-refractivity contribution is -0.140. The van der Waals surface area contributed by atoms with Gasteiger partial charge in [0.15, 0.2) is 0 Å². The monoisotopic (exact) mass is 520 g/mol. The van der Waals surface area contributed by atoms with Gasteiger partial charge in [-0.2, -0.15) is 0 Å². The van der Waals surface area contributed by atoms with Crippen LogP contribution in [0.25, 0.3) is 11.0 Å². The van der Waals surface area contributed by atoms with Gasteiger partial charge in [0.25, 0.3) is 5.91 Å². The van der Waals surface area contributed by atoms with Crippen LogP contribution in [0.3, 0.4) is 0 Å². The summed E-state index contributed by atoms with van der Waals surface area (Å²) >= 11 is 0. The normalized spacial score (nSPS) is 11.6. The van der Waals surface area contributed by atoms with Gasteiger partial charge >= 0.3 is 0 Å². The number of anilines is 1. The van der Waals surface area contributed by atoms with E-state index in [1.54, 1.807) is 59.4 Å². The molecule has 9 heteroatoms. The lowest BCUT2D eigenvalue weighted by atomic mass is 10.0. The van der Waals surface area contributed by atoms with Gasteiger partial charge in [0.1, 0.15) is 23.9 Å². The lowest BCUT2D eigenvalue weighted by Crippen LogP contribution is -2.42. The molecule has 2 amide bonds. The van der Waals surface area contributed by atoms with Crippen molar-refractivity contribution >= 4 is 28.5 Å². The van der Waals surface area contributed by atoms with E-state index < -0.39 is 6.04 Å². The van der Waals surface area contributed by atoms with Crippen molar-refractivity contribution in [2.24, 2.45) is 0 Å². The molecule has 2 heterocycles. The second kappa shape index (κ2) is 11.6. The van der Waals surface area contributed by atoms with E-state index in [1.807, 2.05) is 61.5 Å². The van der Waals surface area contributed by atoms with Crippen molar-refractivity contribution < 1.29 is 14.3 Å². The summed E-state index contributed by atoms with van der Waals surface area (Å²) < 4.78 is 6.79. The van der Waals surface area contributed by atoms with E-state index in [0.717, 1.165) is 16.6 Å². The third-order valence-corrected chi connectivity index (χ3v) is 6.41. The summed E-state index contributed by atoms with van der Waals surface area (Å²) in [4.78, 5) is 33.7. The number of para-hydroxylation sites is 1. The minimum absolute atomic E-state index is 0.0844. The van der Waals surface area contributed by atoms with Crippen LogP contribution in [-0.4, -0.2) is 43.8 Å². The first-order valence-corrected chi connectivity index (χ1v) is 12.5. The van der Waals surface area contributed by atoms with Crippen LogP contribution in [0.1, 0.15) is 22.7 Å². The number of hydrogen-bond acceptors (Lipinski definition) is 6. The van der Waals surface area contributed by atoms with E-state index in [9.17, 15) is 9.59 Å². The molecule has 0 aliphatic heterocycles. The molecule has 5 aromatic rings. The van der Waals surface area contributed by atoms with Crippen LogP contribution in [-0.2, 0) is 22.7 Å². The molecule has 0 spiro atoms. The van der Waals surface area contributed by atoms with Crippen molar-refractivity contribution in [3.05, 3.63) is 114 Å². The van der Waals surface area contributed by atoms with Gasteiger partial charge in [0.2, 0.25) is 5.91 Å². The molecule has 0 bridgehead atoms. The van der Waals surface area contributed by atoms with Gasteiger partial charge < -0.3 is 15.0 Å². The third-order valence-electron chi connectivity index (χ3n) is 6.41. The number of hydrogen-bond donors (Lipinski definition) is 1. The van der Waals surface area contributed by atoms with Gasteiger partial charge in [-0.1, -0.05) is 53.2 Å². The Morgan fingerprint density at radius 2 is 1.74 bits per heavy atom. The summed E-state index contributed by atoms with van der Waals surface area (Å²) in [5, 5.41) is 11.3. The summed E-state index contributed by atoms with van der Waals surface area (Å²) in [6, 6.07) is 24.9. The molecule has 2 aromatic heterocycles. The number of amides is 2. The Morgan fingerprint density at radius 3 is 2.46 bits per heavy atom. The fourth-order valence-electron chi connectivity index (χ4n) is 4.37. The molecule has 0 unspecified atom stereocenters. The van der Waals surface area contributed by atoms with E-state index >= 15 is 0 Å². The maximum Gasteiger partial charge on any atom is 0.251 e. The highest BCUT2D eigenvalue weighted by Gasteiger charge is 2.32. The van der Waals surface area contributed by atoms with Crippen molar-refractivity contribution in [2.75, 3.05) is 12.4 Å². The molecule has 1 atom stereocenters. The lowest BCUT2D eigenvalue weighted by Gasteiger charge is -2.31. The third kappa shape index (κ3) is 5.93. The summed E-state index contributed by atoms with van der Waals surface area (Å²) in [6.07, 6.45) is 3.36. The number of rotatable bonds is 9. The second-order valence-corrected chi connectivity index (χ2v) is 9.15. The number of ether oxygens (including phenoxy) is 1. The van der Waals surface area contributed by atoms with Gasteiger partial charge in [-0.15, -0.1) is 5.10 Å². The number of fused-ring (bicyclic) bond motifs is 1. The summed E-state index contributed by atoms with van der Waals surface area (Å²) in [5.74, 6) is 0.0474. The van der Waals surface area contributed by atoms with E-state index in [1.165, 1.54) is 0 Å². The van der Waals surface area contributed by atoms with Gasteiger partial charge in [-0.05, 0) is 60.5 Å². The zero-order valence-electron chi connectivity index (χ0n) is 21.7. The predicted octanol–water partition coefficient (Wildman–Crippen LogP) is 4.55. The highest BCUT2D eigenvalue weighted by atomic mass is 16.5. The average Bonchev–Trinajstić information content (AvgIpc) is 3.37. The number of aryl methyl sites for hydroxylation is 1. The number of carbonyl (C=O) groups excluding carboxylic acids is 2. The Balaban J connectivity index is 1.53. The largest absolute Gasteiger partial charge is 0.497 e. The van der Waals surface area contributed by atoms with Crippen LogP contribution in [0.15, 0.2) is 97.3 Å². The maximum atomic E-state index is 14.0. The molecule has 0 saturated heterocycles. The molecule has 196 valence electrons. The van der Waals surface area contributed by atoms with Crippen LogP contribution in [0.2, 0.25) is 0 Å². The average molecular weight is 521 g/mol. The molecule has 9 nitrogen and oxygen atoms in total. The number of aromatic nitrogens is 4. The number of benzene rings is 3. The first-order valence-electron chi connectivity index (χ1n) is 12.5. The molecule has 0 radical (unpaired) electrons. The minimum atomic E-state index is -0.921. The van der Waals surface area contributed by atoms with Crippen LogP contribution in [0, 0.1) is 6.92 Å². The molecule has 0 aliphatic carbocycles. The maximum absolute atomic E-state index is 14.0. The molecular formula is C30H28N6O3. The van der Waals surface area contributed by atoms with E-state index in [0.29, 0.717) is 22.5 Å². The van der Waals surface area contributed by atoms with Crippen LogP contribution in [0.5, 0.6) is 5.75 Å². The van der Waals surface area contributed by atoms with Crippen molar-refractivity contribution in [1.29, 1.82) is 0 Å². The Bertz CT molecular complexity index is 1570. The highest BCUT2D eigenvalue weighted by Crippen LogP contribution is 2.27. The number of nitrogens with zero attached hydrogens (tertiary/aromatic N) is 5. The van der Waals surface area contributed by atoms with Crippen LogP contribution >= 0.6 is 0 Å². The van der Waals surface area contributed by atoms with E-state index in [2.05, 4.69) is 20.6 Å². The van der Waals surface area contributed by atoms with Gasteiger partial charge in [-0.3, -0.25) is 14.6 Å². The summed E-state index contributed by atoms with van der Waals surface area (Å²) in [5.41, 5.74) is 4.55. The fourth-order valence-corrected chi connectivity index (χ4v) is 4.37. The molecule has 0 saturated carbocycles. The van der Waals surface area contributed by atoms with Crippen molar-refractivity contribution in [2.45, 2.75) is 26.1 Å². The van der Waals surface area contributed by atoms with Crippen molar-refractivity contribution in [3.8, 4) is 5.75 Å². The van der Waals surface area contributed by atoms with Gasteiger partial charge in [0, 0.05) is 24.6 Å². The predicted molar refractivity (Wildman–Crippen MR) is 148 cm³/mol. The quantitative estimate of drug-likeness (QED) is 0.306. The zero-order valence-corrected chi connectivity index (χ0v) is 21.7. The number of nitrogens with one attached hydrogen (secondary N) is 1. The van der Waals surface area contributed by atoms with Crippen LogP contribution < -0.4 is 10.1 Å². The Kier molecular flexibility index (Phi) is 7.58. The Morgan fingerprint density at radius 1 is 0.974 bits per heavy atom. The Labute approximate surface area is 226 Å². The topological polar surface area (TPSA) is 102 Å². The minimum Gasteiger partial charge on any atom is -0.497 e. The fraction of sp³-hybridized carbons (Fsp3) is 0.167. The van der Waals surface area contributed by atoms with E-state index in [4.69, 9.17) is 4.74 Å². The Hall–Kier alpha value is -5.05. The number of methoxy groups -OCH3 is 1. The first kappa shape index (κ1) is 25.6. The van der Waals surface area contributed by atoms with Gasteiger partial charge in [0.05, 0.1) is 12.6 Å². The van der Waals surface area contributed by atoms with Crippen molar-refractivity contribution in [3.63, 3.8) is 0 Å². The molecule has 0 aliphatic rings. The molecular weight excluding hydrogens is 492 g/mol. The van der Waals surface area contributed by atoms with Crippen LogP contribution in [0.4, 0.5) is 5.69 Å². The van der Waals surface area contributed by atoms with Crippen molar-refractivity contribution in [1.82, 2.24) is 24.9 Å². The molecule has 39 heavy (non-hydrogen) atoms. The molecule has 0 fully saturated rings. The molecule has 1 N–H and O–H groups in total. The summed E-state index contributed by atoms with van der Waals surface area (Å²) in [7, 11) is 1.58. The number of carbonyl (C=O) groups is 2. The molecule has 3 aromatic carbocycles. The number of pyridine rings is 1. The molecule has 5 rings (SSSR count). The standard InChI is InChI=1S/C30H28N6O3/c1-21-9-11-23(12-10-21)29(30(38)32-24-13-15-25(39-2)16-14-24)35(19-22-6-5-17-31-18-22)28(37)20-36-27-8-4-3-7-26(27)33-34-36/h3-18,29H,19-20H2,1-2H3,(H,32,38)/t29-/m0/s1. The zero-order chi connectivity index (χ0) is 27.2. The van der Waals surface area contributed by atoms with E-state index in [-0.39, 0.29) is 24.9 Å². The first-order chi connectivity index (χ1) is 19.0. The highest BCUT2D eigenvalue weighted by molar-refractivity contribution is 5.98.